The first-order valence-corrected chi connectivity index (χ1v) is 8.15. The van der Waals surface area contributed by atoms with Crippen molar-refractivity contribution in [1.82, 2.24) is 19.8 Å². The van der Waals surface area contributed by atoms with Crippen molar-refractivity contribution in [3.05, 3.63) is 65.0 Å². The highest BCUT2D eigenvalue weighted by Gasteiger charge is 2.11. The molecule has 0 atom stereocenters. The van der Waals surface area contributed by atoms with Gasteiger partial charge in [0.05, 0.1) is 12.1 Å². The molecule has 25 heavy (non-hydrogen) atoms. The van der Waals surface area contributed by atoms with Crippen LogP contribution in [0.3, 0.4) is 0 Å². The Balaban J connectivity index is 1.66. The maximum absolute atomic E-state index is 13.7. The molecule has 0 fully saturated rings. The fourth-order valence-corrected chi connectivity index (χ4v) is 2.91. The monoisotopic (exact) mass is 344 g/mol. The van der Waals surface area contributed by atoms with Gasteiger partial charge in [-0.15, -0.1) is 0 Å². The molecule has 0 saturated carbocycles. The van der Waals surface area contributed by atoms with E-state index in [2.05, 4.69) is 44.0 Å². The predicted octanol–water partition coefficient (Wildman–Crippen LogP) is 3.53. The van der Waals surface area contributed by atoms with Gasteiger partial charge in [0.1, 0.15) is 17.2 Å². The standard InChI is InChI=1S/C19H22F2N4/c1-24(2)10-13-4-6-14(7-5-13)11-25(3)12-18-22-17-9-15(20)8-16(21)19(17)23-18/h4-9H,10-12H2,1-3H3,(H,22,23). The number of nitrogens with zero attached hydrogens (tertiary/aromatic N) is 3. The Kier molecular flexibility index (Phi) is 5.11. The minimum Gasteiger partial charge on any atom is -0.341 e. The molecule has 4 nitrogen and oxygen atoms in total. The van der Waals surface area contributed by atoms with Gasteiger partial charge in [-0.1, -0.05) is 24.3 Å². The van der Waals surface area contributed by atoms with Gasteiger partial charge in [-0.25, -0.2) is 13.8 Å². The molecule has 0 aliphatic rings. The lowest BCUT2D eigenvalue weighted by molar-refractivity contribution is 0.312. The number of H-pyrrole nitrogens is 1. The molecule has 6 heteroatoms. The normalized spacial score (nSPS) is 11.8. The van der Waals surface area contributed by atoms with E-state index in [1.54, 1.807) is 0 Å². The van der Waals surface area contributed by atoms with Gasteiger partial charge in [0, 0.05) is 19.2 Å². The first-order valence-electron chi connectivity index (χ1n) is 8.15. The van der Waals surface area contributed by atoms with E-state index in [0.717, 1.165) is 19.2 Å². The van der Waals surface area contributed by atoms with Crippen molar-refractivity contribution in [2.24, 2.45) is 0 Å². The Hall–Kier alpha value is -2.31. The highest BCUT2D eigenvalue weighted by Crippen LogP contribution is 2.18. The minimum atomic E-state index is -0.642. The van der Waals surface area contributed by atoms with Crippen molar-refractivity contribution in [3.63, 3.8) is 0 Å². The summed E-state index contributed by atoms with van der Waals surface area (Å²) in [6.45, 7) is 2.18. The molecule has 132 valence electrons. The van der Waals surface area contributed by atoms with Crippen molar-refractivity contribution < 1.29 is 8.78 Å². The smallest absolute Gasteiger partial charge is 0.153 e. The molecule has 0 amide bonds. The van der Waals surface area contributed by atoms with Crippen LogP contribution in [0.1, 0.15) is 17.0 Å². The van der Waals surface area contributed by atoms with Crippen molar-refractivity contribution >= 4 is 11.0 Å². The Morgan fingerprint density at radius 2 is 1.56 bits per heavy atom. The number of rotatable bonds is 6. The fourth-order valence-electron chi connectivity index (χ4n) is 2.91. The Bertz CT molecular complexity index is 856. The van der Waals surface area contributed by atoms with Gasteiger partial charge < -0.3 is 9.88 Å². The number of benzene rings is 2. The number of aromatic amines is 1. The van der Waals surface area contributed by atoms with Crippen LogP contribution in [0.2, 0.25) is 0 Å². The van der Waals surface area contributed by atoms with Gasteiger partial charge >= 0.3 is 0 Å². The lowest BCUT2D eigenvalue weighted by Crippen LogP contribution is -2.18. The maximum atomic E-state index is 13.7. The summed E-state index contributed by atoms with van der Waals surface area (Å²) in [5.74, 6) is -0.630. The zero-order valence-electron chi connectivity index (χ0n) is 14.7. The number of aromatic nitrogens is 2. The van der Waals surface area contributed by atoms with Crippen LogP contribution in [0.15, 0.2) is 36.4 Å². The summed E-state index contributed by atoms with van der Waals surface area (Å²) in [7, 11) is 6.06. The quantitative estimate of drug-likeness (QED) is 0.743. The highest BCUT2D eigenvalue weighted by atomic mass is 19.1. The van der Waals surface area contributed by atoms with Crippen LogP contribution < -0.4 is 0 Å². The third-order valence-electron chi connectivity index (χ3n) is 3.95. The van der Waals surface area contributed by atoms with Crippen molar-refractivity contribution in [1.29, 1.82) is 0 Å². The molecule has 0 unspecified atom stereocenters. The van der Waals surface area contributed by atoms with Crippen LogP contribution in [0.25, 0.3) is 11.0 Å². The molecule has 0 aliphatic carbocycles. The second-order valence-corrected chi connectivity index (χ2v) is 6.69. The molecule has 0 saturated heterocycles. The Morgan fingerprint density at radius 1 is 0.920 bits per heavy atom. The molecule has 2 aromatic carbocycles. The molecule has 1 heterocycles. The fraction of sp³-hybridized carbons (Fsp3) is 0.316. The number of hydrogen-bond acceptors (Lipinski definition) is 3. The number of halogens is 2. The van der Waals surface area contributed by atoms with Crippen LogP contribution in [-0.4, -0.2) is 40.9 Å². The summed E-state index contributed by atoms with van der Waals surface area (Å²) >= 11 is 0. The second-order valence-electron chi connectivity index (χ2n) is 6.69. The van der Waals surface area contributed by atoms with Gasteiger partial charge in [0.15, 0.2) is 5.82 Å². The van der Waals surface area contributed by atoms with E-state index >= 15 is 0 Å². The first kappa shape index (κ1) is 17.5. The topological polar surface area (TPSA) is 35.2 Å². The van der Waals surface area contributed by atoms with Crippen LogP contribution in [-0.2, 0) is 19.6 Å². The van der Waals surface area contributed by atoms with Gasteiger partial charge in [0.25, 0.3) is 0 Å². The molecule has 1 aromatic heterocycles. The largest absolute Gasteiger partial charge is 0.341 e. The third kappa shape index (κ3) is 4.41. The third-order valence-corrected chi connectivity index (χ3v) is 3.95. The summed E-state index contributed by atoms with van der Waals surface area (Å²) in [6, 6.07) is 10.6. The zero-order chi connectivity index (χ0) is 18.0. The molecular formula is C19H22F2N4. The van der Waals surface area contributed by atoms with E-state index < -0.39 is 11.6 Å². The van der Waals surface area contributed by atoms with Crippen LogP contribution in [0, 0.1) is 11.6 Å². The molecule has 3 rings (SSSR count). The highest BCUT2D eigenvalue weighted by molar-refractivity contribution is 5.75. The summed E-state index contributed by atoms with van der Waals surface area (Å²) in [5.41, 5.74) is 3.02. The number of hydrogen-bond donors (Lipinski definition) is 1. The van der Waals surface area contributed by atoms with Gasteiger partial charge in [0.2, 0.25) is 0 Å². The van der Waals surface area contributed by atoms with Crippen molar-refractivity contribution in [3.8, 4) is 0 Å². The van der Waals surface area contributed by atoms with Crippen molar-refractivity contribution in [2.75, 3.05) is 21.1 Å². The van der Waals surface area contributed by atoms with E-state index in [-0.39, 0.29) is 5.52 Å². The van der Waals surface area contributed by atoms with E-state index in [9.17, 15) is 8.78 Å². The Morgan fingerprint density at radius 3 is 2.20 bits per heavy atom. The van der Waals surface area contributed by atoms with E-state index in [1.165, 1.54) is 17.2 Å². The van der Waals surface area contributed by atoms with Crippen LogP contribution in [0.5, 0.6) is 0 Å². The van der Waals surface area contributed by atoms with Gasteiger partial charge in [-0.2, -0.15) is 0 Å². The molecule has 0 radical (unpaired) electrons. The SMILES string of the molecule is CN(C)Cc1ccc(CN(C)Cc2nc3c(F)cc(F)cc3[nH]2)cc1. The summed E-state index contributed by atoms with van der Waals surface area (Å²) < 4.78 is 27.0. The van der Waals surface area contributed by atoms with Gasteiger partial charge in [-0.05, 0) is 38.3 Å². The average Bonchev–Trinajstić information content (AvgIpc) is 2.91. The zero-order valence-corrected chi connectivity index (χ0v) is 14.7. The van der Waals surface area contributed by atoms with E-state index in [4.69, 9.17) is 0 Å². The second kappa shape index (κ2) is 7.29. The molecule has 3 aromatic rings. The summed E-state index contributed by atoms with van der Waals surface area (Å²) in [5, 5.41) is 0. The van der Waals surface area contributed by atoms with Gasteiger partial charge in [-0.3, -0.25) is 4.90 Å². The number of imidazole rings is 1. The lowest BCUT2D eigenvalue weighted by atomic mass is 10.1. The predicted molar refractivity (Wildman–Crippen MR) is 95.0 cm³/mol. The van der Waals surface area contributed by atoms with E-state index in [1.807, 2.05) is 21.1 Å². The van der Waals surface area contributed by atoms with Crippen LogP contribution >= 0.6 is 0 Å². The summed E-state index contributed by atoms with van der Waals surface area (Å²) in [6.07, 6.45) is 0. The first-order chi connectivity index (χ1) is 11.9. The van der Waals surface area contributed by atoms with Crippen molar-refractivity contribution in [2.45, 2.75) is 19.6 Å². The molecule has 1 N–H and O–H groups in total. The lowest BCUT2D eigenvalue weighted by Gasteiger charge is -2.16. The van der Waals surface area contributed by atoms with Crippen LogP contribution in [0.4, 0.5) is 8.78 Å². The van der Waals surface area contributed by atoms with E-state index in [0.29, 0.717) is 17.9 Å². The minimum absolute atomic E-state index is 0.179. The maximum Gasteiger partial charge on any atom is 0.153 e. The number of fused-ring (bicyclic) bond motifs is 1. The molecular weight excluding hydrogens is 322 g/mol. The average molecular weight is 344 g/mol. The summed E-state index contributed by atoms with van der Waals surface area (Å²) in [4.78, 5) is 11.4. The Labute approximate surface area is 146 Å². The number of nitrogens with one attached hydrogen (secondary N) is 1. The molecule has 0 bridgehead atoms. The molecule has 0 spiro atoms. The molecule has 0 aliphatic heterocycles.